The summed E-state index contributed by atoms with van der Waals surface area (Å²) in [5.74, 6) is 2.56. The van der Waals surface area contributed by atoms with Gasteiger partial charge in [-0.25, -0.2) is 0 Å². The van der Waals surface area contributed by atoms with Crippen LogP contribution in [0.4, 0.5) is 0 Å². The Morgan fingerprint density at radius 3 is 3.00 bits per heavy atom. The maximum absolute atomic E-state index is 6.03. The standard InChI is InChI=1S/C10H22N2S/c1-3-4-10(11)7-12-5-6-13-8-9(12)2/h9-10H,3-8,11H2,1-2H3. The van der Waals surface area contributed by atoms with Crippen LogP contribution in [0.5, 0.6) is 0 Å². The number of hydrogen-bond donors (Lipinski definition) is 1. The van der Waals surface area contributed by atoms with Gasteiger partial charge in [0.1, 0.15) is 0 Å². The first-order valence-electron chi connectivity index (χ1n) is 5.31. The smallest absolute Gasteiger partial charge is 0.0167 e. The van der Waals surface area contributed by atoms with Gasteiger partial charge in [0.05, 0.1) is 0 Å². The monoisotopic (exact) mass is 202 g/mol. The average Bonchev–Trinajstić information content (AvgIpc) is 2.09. The van der Waals surface area contributed by atoms with Gasteiger partial charge in [-0.15, -0.1) is 0 Å². The van der Waals surface area contributed by atoms with Crippen LogP contribution in [0.25, 0.3) is 0 Å². The molecule has 0 radical (unpaired) electrons. The van der Waals surface area contributed by atoms with E-state index in [2.05, 4.69) is 30.5 Å². The van der Waals surface area contributed by atoms with E-state index in [-0.39, 0.29) is 0 Å². The normalized spacial score (nSPS) is 27.5. The van der Waals surface area contributed by atoms with Gasteiger partial charge in [-0.05, 0) is 13.3 Å². The van der Waals surface area contributed by atoms with Gasteiger partial charge in [-0.3, -0.25) is 4.90 Å². The highest BCUT2D eigenvalue weighted by Gasteiger charge is 2.19. The lowest BCUT2D eigenvalue weighted by Crippen LogP contribution is -2.46. The highest BCUT2D eigenvalue weighted by molar-refractivity contribution is 7.99. The molecule has 1 rings (SSSR count). The lowest BCUT2D eigenvalue weighted by atomic mass is 10.1. The van der Waals surface area contributed by atoms with E-state index in [0.717, 1.165) is 19.0 Å². The summed E-state index contributed by atoms with van der Waals surface area (Å²) in [5, 5.41) is 0. The van der Waals surface area contributed by atoms with Crippen LogP contribution in [0, 0.1) is 0 Å². The van der Waals surface area contributed by atoms with Gasteiger partial charge >= 0.3 is 0 Å². The molecule has 0 amide bonds. The Morgan fingerprint density at radius 2 is 2.38 bits per heavy atom. The predicted molar refractivity (Wildman–Crippen MR) is 61.2 cm³/mol. The van der Waals surface area contributed by atoms with Crippen molar-refractivity contribution in [2.45, 2.75) is 38.8 Å². The Balaban J connectivity index is 2.25. The largest absolute Gasteiger partial charge is 0.327 e. The van der Waals surface area contributed by atoms with E-state index in [0.29, 0.717) is 6.04 Å². The van der Waals surface area contributed by atoms with E-state index in [1.165, 1.54) is 24.5 Å². The van der Waals surface area contributed by atoms with Crippen LogP contribution in [0.2, 0.25) is 0 Å². The molecule has 0 bridgehead atoms. The van der Waals surface area contributed by atoms with Crippen molar-refractivity contribution in [1.29, 1.82) is 0 Å². The third-order valence-electron chi connectivity index (χ3n) is 2.63. The molecule has 0 spiro atoms. The highest BCUT2D eigenvalue weighted by atomic mass is 32.2. The molecule has 3 heteroatoms. The number of nitrogens with zero attached hydrogens (tertiary/aromatic N) is 1. The summed E-state index contributed by atoms with van der Waals surface area (Å²) in [6.45, 7) is 6.83. The first-order chi connectivity index (χ1) is 6.24. The number of rotatable bonds is 4. The van der Waals surface area contributed by atoms with E-state index < -0.39 is 0 Å². The summed E-state index contributed by atoms with van der Waals surface area (Å²) >= 11 is 2.06. The number of hydrogen-bond acceptors (Lipinski definition) is 3. The molecule has 0 saturated carbocycles. The molecule has 0 aromatic heterocycles. The van der Waals surface area contributed by atoms with E-state index in [9.17, 15) is 0 Å². The van der Waals surface area contributed by atoms with Crippen molar-refractivity contribution >= 4 is 11.8 Å². The van der Waals surface area contributed by atoms with Crippen LogP contribution in [-0.2, 0) is 0 Å². The van der Waals surface area contributed by atoms with Crippen molar-refractivity contribution in [3.63, 3.8) is 0 Å². The summed E-state index contributed by atoms with van der Waals surface area (Å²) in [7, 11) is 0. The van der Waals surface area contributed by atoms with Gasteiger partial charge in [-0.1, -0.05) is 13.3 Å². The fourth-order valence-electron chi connectivity index (χ4n) is 1.80. The third-order valence-corrected chi connectivity index (χ3v) is 3.82. The SMILES string of the molecule is CCCC(N)CN1CCSCC1C. The molecule has 2 atom stereocenters. The van der Waals surface area contributed by atoms with Gasteiger partial charge in [0.15, 0.2) is 0 Å². The fourth-order valence-corrected chi connectivity index (χ4v) is 2.88. The molecule has 1 aliphatic rings. The van der Waals surface area contributed by atoms with Crippen molar-refractivity contribution < 1.29 is 0 Å². The molecule has 2 N–H and O–H groups in total. The summed E-state index contributed by atoms with van der Waals surface area (Å²) in [4.78, 5) is 2.54. The van der Waals surface area contributed by atoms with Crippen molar-refractivity contribution in [2.75, 3.05) is 24.6 Å². The Hall–Kier alpha value is 0.270. The molecule has 1 aliphatic heterocycles. The summed E-state index contributed by atoms with van der Waals surface area (Å²) in [5.41, 5.74) is 6.03. The van der Waals surface area contributed by atoms with Gasteiger partial charge in [0.25, 0.3) is 0 Å². The molecule has 78 valence electrons. The van der Waals surface area contributed by atoms with Crippen LogP contribution in [0.15, 0.2) is 0 Å². The molecule has 1 heterocycles. The van der Waals surface area contributed by atoms with E-state index in [4.69, 9.17) is 5.73 Å². The summed E-state index contributed by atoms with van der Waals surface area (Å²) in [6.07, 6.45) is 2.37. The molecule has 13 heavy (non-hydrogen) atoms. The predicted octanol–water partition coefficient (Wildman–Crippen LogP) is 1.55. The Labute approximate surface area is 86.2 Å². The number of nitrogens with two attached hydrogens (primary N) is 1. The summed E-state index contributed by atoms with van der Waals surface area (Å²) in [6, 6.07) is 1.11. The minimum atomic E-state index is 0.385. The Bertz CT molecular complexity index is 141. The maximum Gasteiger partial charge on any atom is 0.0167 e. The van der Waals surface area contributed by atoms with Crippen molar-refractivity contribution in [1.82, 2.24) is 4.90 Å². The molecule has 2 unspecified atom stereocenters. The molecule has 0 aromatic rings. The molecular weight excluding hydrogens is 180 g/mol. The second-order valence-corrected chi connectivity index (χ2v) is 5.12. The molecule has 1 saturated heterocycles. The second kappa shape index (κ2) is 5.89. The lowest BCUT2D eigenvalue weighted by molar-refractivity contribution is 0.215. The van der Waals surface area contributed by atoms with Crippen LogP contribution in [-0.4, -0.2) is 41.6 Å². The third kappa shape index (κ3) is 3.88. The zero-order chi connectivity index (χ0) is 9.68. The maximum atomic E-state index is 6.03. The van der Waals surface area contributed by atoms with Gasteiger partial charge in [0, 0.05) is 36.7 Å². The van der Waals surface area contributed by atoms with Gasteiger partial charge < -0.3 is 5.73 Å². The van der Waals surface area contributed by atoms with Crippen molar-refractivity contribution in [3.8, 4) is 0 Å². The van der Waals surface area contributed by atoms with E-state index in [1.807, 2.05) is 0 Å². The first-order valence-corrected chi connectivity index (χ1v) is 6.47. The van der Waals surface area contributed by atoms with Crippen LogP contribution in [0.3, 0.4) is 0 Å². The van der Waals surface area contributed by atoms with Crippen LogP contribution < -0.4 is 5.73 Å². The topological polar surface area (TPSA) is 29.3 Å². The minimum absolute atomic E-state index is 0.385. The summed E-state index contributed by atoms with van der Waals surface area (Å²) < 4.78 is 0. The molecule has 0 aliphatic carbocycles. The highest BCUT2D eigenvalue weighted by Crippen LogP contribution is 2.16. The van der Waals surface area contributed by atoms with Gasteiger partial charge in [-0.2, -0.15) is 11.8 Å². The molecular formula is C10H22N2S. The average molecular weight is 202 g/mol. The van der Waals surface area contributed by atoms with E-state index >= 15 is 0 Å². The Morgan fingerprint density at radius 1 is 1.62 bits per heavy atom. The fraction of sp³-hybridized carbons (Fsp3) is 1.00. The van der Waals surface area contributed by atoms with Crippen LogP contribution in [0.1, 0.15) is 26.7 Å². The number of thioether (sulfide) groups is 1. The van der Waals surface area contributed by atoms with Crippen molar-refractivity contribution in [3.05, 3.63) is 0 Å². The van der Waals surface area contributed by atoms with Crippen LogP contribution >= 0.6 is 11.8 Å². The molecule has 0 aromatic carbocycles. The first kappa shape index (κ1) is 11.3. The Kier molecular flexibility index (Phi) is 5.14. The van der Waals surface area contributed by atoms with E-state index in [1.54, 1.807) is 0 Å². The quantitative estimate of drug-likeness (QED) is 0.750. The molecule has 2 nitrogen and oxygen atoms in total. The molecule has 1 fully saturated rings. The zero-order valence-corrected chi connectivity index (χ0v) is 9.65. The van der Waals surface area contributed by atoms with Gasteiger partial charge in [0.2, 0.25) is 0 Å². The zero-order valence-electron chi connectivity index (χ0n) is 8.83. The minimum Gasteiger partial charge on any atom is -0.327 e. The second-order valence-electron chi connectivity index (χ2n) is 3.97. The van der Waals surface area contributed by atoms with Crippen molar-refractivity contribution in [2.24, 2.45) is 5.73 Å². The lowest BCUT2D eigenvalue weighted by Gasteiger charge is -2.34.